The Labute approximate surface area is 723 Å². The van der Waals surface area contributed by atoms with Crippen LogP contribution < -0.4 is 22.9 Å². The van der Waals surface area contributed by atoms with Crippen molar-refractivity contribution in [2.45, 2.75) is 112 Å². The van der Waals surface area contributed by atoms with Gasteiger partial charge in [-0.15, -0.1) is 0 Å². The van der Waals surface area contributed by atoms with Crippen LogP contribution in [0.3, 0.4) is 0 Å². The van der Waals surface area contributed by atoms with Gasteiger partial charge in [0, 0.05) is 120 Å². The number of hydrogen-bond acceptors (Lipinski definition) is 20. The van der Waals surface area contributed by atoms with Gasteiger partial charge in [0.2, 0.25) is 0 Å². The number of likely N-dealkylation sites (tertiary alicyclic amines) is 4. The molecule has 17 rings (SSSR count). The lowest BCUT2D eigenvalue weighted by Gasteiger charge is -2.24. The van der Waals surface area contributed by atoms with Crippen LogP contribution in [-0.4, -0.2) is 170 Å². The number of carbonyl (C=O) groups is 8. The number of amidine groups is 4. The Kier molecular flexibility index (Phi) is 26.7. The lowest BCUT2D eigenvalue weighted by molar-refractivity contribution is -0.140. The highest BCUT2D eigenvalue weighted by Gasteiger charge is 2.54. The Morgan fingerprint density at radius 3 is 1.03 bits per heavy atom. The topological polar surface area (TPSA) is 340 Å². The molecule has 4 saturated heterocycles. The highest BCUT2D eigenvalue weighted by atomic mass is 16.5. The van der Waals surface area contributed by atoms with Crippen molar-refractivity contribution in [2.24, 2.45) is 59.7 Å². The molecule has 24 heteroatoms. The molecule has 638 valence electrons. The maximum atomic E-state index is 12.7. The monoisotopic (exact) mass is 1670 g/mol. The maximum Gasteiger partial charge on any atom is 0.335 e. The Morgan fingerprint density at radius 2 is 0.677 bits per heavy atom. The third-order valence-corrected chi connectivity index (χ3v) is 24.1. The van der Waals surface area contributed by atoms with Gasteiger partial charge in [-0.25, -0.2) is 39.1 Å². The van der Waals surface area contributed by atoms with Crippen LogP contribution in [0.2, 0.25) is 0 Å². The van der Waals surface area contributed by atoms with E-state index in [1.54, 1.807) is 26.8 Å². The fraction of sp³-hybridized carbons (Fsp3) is 0.320. The molecule has 5 fully saturated rings. The number of carbonyl (C=O) groups excluding carboxylic acids is 8. The Morgan fingerprint density at radius 1 is 0.371 bits per heavy atom. The number of fused-ring (bicyclic) bond motifs is 4. The fourth-order valence-electron chi connectivity index (χ4n) is 16.5. The molecule has 8 aliphatic heterocycles. The number of rotatable bonds is 15. The zero-order valence-electron chi connectivity index (χ0n) is 71.4. The van der Waals surface area contributed by atoms with E-state index in [9.17, 15) is 38.4 Å². The van der Waals surface area contributed by atoms with Crippen molar-refractivity contribution in [1.29, 1.82) is 0 Å². The number of ether oxygens (including phenoxy) is 4. The van der Waals surface area contributed by atoms with Crippen LogP contribution >= 0.6 is 0 Å². The second-order valence-electron chi connectivity index (χ2n) is 32.7. The van der Waals surface area contributed by atoms with E-state index in [1.807, 2.05) is 228 Å². The molecule has 24 nitrogen and oxygen atoms in total. The number of nitrogens with zero attached hydrogens (tertiary/aromatic N) is 8. The van der Waals surface area contributed by atoms with Crippen LogP contribution in [0.25, 0.3) is 68.8 Å². The summed E-state index contributed by atoms with van der Waals surface area (Å²) in [5, 5.41) is 0. The molecule has 1 atom stereocenters. The van der Waals surface area contributed by atoms with Gasteiger partial charge >= 0.3 is 23.9 Å². The summed E-state index contributed by atoms with van der Waals surface area (Å²) >= 11 is 0. The number of methoxy groups -OCH3 is 1. The largest absolute Gasteiger partial charge is 0.466 e. The molecule has 1 saturated carbocycles. The van der Waals surface area contributed by atoms with Crippen LogP contribution in [0.1, 0.15) is 176 Å². The Hall–Kier alpha value is -13.6. The summed E-state index contributed by atoms with van der Waals surface area (Å²) in [5.41, 5.74) is 42.3. The van der Waals surface area contributed by atoms with Gasteiger partial charge in [0.15, 0.2) is 0 Å². The molecule has 0 bridgehead atoms. The summed E-state index contributed by atoms with van der Waals surface area (Å²) in [4.78, 5) is 126. The highest BCUT2D eigenvalue weighted by molar-refractivity contribution is 6.11. The standard InChI is InChI=1S/C26H27N3O3.C26H29N3O3.C25H27N3O3.C23H23N3O3/c1-2-32-24(31)21-16-20-15-19(9-10-22(20)28-25(27)26(21)11-12-26)17-5-7-18(8-6-17)23(30)29-13-3-4-14-29;1-4-32-24(31)21-16-20-15-19(11-12-22(20)28-25(27)26(21,2)3)17-7-9-18(10-8-17)23(30)29-13-5-6-14-29;1-3-31-25(30)21-15-20-14-19(10-11-22(20)27-23(26)16(21)2)17-6-8-18(9-7-17)24(29)28-12-4-5-13-28;1-29-23(28)19-13-18-12-17(8-9-20(18)25-21(24)14-19)15-4-6-16(7-5-15)22(27)26-10-2-3-11-26/h5-10,15-16H,2-4,11-14H2,1H3,(H2,27,28);7-12,15-16H,4-6,13-14H2,1-3H3,(H2,27,28);6-11,14-16H,3-5,12-13H2,1-2H3,(H2,26,27);4-9,12-13H,2-3,10-11,14H2,1H3,(H2,24,25). The molecule has 4 amide bonds. The predicted octanol–water partition coefficient (Wildman–Crippen LogP) is 16.6. The van der Waals surface area contributed by atoms with E-state index in [0.717, 1.165) is 189 Å². The summed E-state index contributed by atoms with van der Waals surface area (Å²) in [6.07, 6.45) is 17.8. The maximum absolute atomic E-state index is 12.7. The van der Waals surface area contributed by atoms with E-state index in [0.29, 0.717) is 105 Å². The van der Waals surface area contributed by atoms with Gasteiger partial charge in [0.25, 0.3) is 23.6 Å². The van der Waals surface area contributed by atoms with E-state index in [-0.39, 0.29) is 47.9 Å². The van der Waals surface area contributed by atoms with Gasteiger partial charge in [0.1, 0.15) is 23.3 Å². The summed E-state index contributed by atoms with van der Waals surface area (Å²) in [5.74, 6) is 0.133. The van der Waals surface area contributed by atoms with Crippen molar-refractivity contribution in [3.8, 4) is 44.5 Å². The van der Waals surface area contributed by atoms with Gasteiger partial charge in [-0.2, -0.15) is 0 Å². The molecule has 1 spiro atoms. The van der Waals surface area contributed by atoms with E-state index in [4.69, 9.17) is 41.9 Å². The van der Waals surface area contributed by atoms with Crippen molar-refractivity contribution in [2.75, 3.05) is 79.3 Å². The van der Waals surface area contributed by atoms with Gasteiger partial charge in [-0.05, 0) is 265 Å². The number of aliphatic imine (C=N–C) groups is 4. The average Bonchev–Trinajstić information content (AvgIpc) is 1.58. The zero-order valence-corrected chi connectivity index (χ0v) is 71.4. The minimum Gasteiger partial charge on any atom is -0.466 e. The van der Waals surface area contributed by atoms with Gasteiger partial charge in [-0.3, -0.25) is 19.2 Å². The molecule has 9 aliphatic rings. The van der Waals surface area contributed by atoms with E-state index < -0.39 is 22.8 Å². The number of hydrogen-bond donors (Lipinski definition) is 4. The molecule has 8 N–H and O–H groups in total. The van der Waals surface area contributed by atoms with E-state index in [2.05, 4.69) is 20.0 Å². The fourth-order valence-corrected chi connectivity index (χ4v) is 16.5. The predicted molar refractivity (Wildman–Crippen MR) is 486 cm³/mol. The van der Waals surface area contributed by atoms with Crippen LogP contribution in [0.15, 0.2) is 212 Å². The quantitative estimate of drug-likeness (QED) is 0.0547. The third-order valence-electron chi connectivity index (χ3n) is 24.1. The number of nitrogens with two attached hydrogens (primary N) is 4. The minimum atomic E-state index is -0.747. The van der Waals surface area contributed by atoms with Gasteiger partial charge < -0.3 is 61.5 Å². The lowest BCUT2D eigenvalue weighted by atomic mass is 9.82. The second kappa shape index (κ2) is 38.2. The minimum absolute atomic E-state index is 0.0880. The van der Waals surface area contributed by atoms with Gasteiger partial charge in [0.05, 0.1) is 71.7 Å². The van der Waals surface area contributed by atoms with Crippen molar-refractivity contribution in [3.05, 3.63) is 237 Å². The Bertz CT molecular complexity index is 5560. The normalized spacial score (nSPS) is 17.4. The van der Waals surface area contributed by atoms with Gasteiger partial charge in [-0.1, -0.05) is 79.7 Å². The first-order valence-corrected chi connectivity index (χ1v) is 42.8. The van der Waals surface area contributed by atoms with Crippen LogP contribution in [0.4, 0.5) is 22.7 Å². The molecule has 0 radical (unpaired) electrons. The molecule has 8 heterocycles. The SMILES string of the molecule is CCOC(=O)C1=Cc2cc(-c3ccc(C(=O)N4CCCC4)cc3)ccc2N=C(N)C1(C)C.CCOC(=O)C1=Cc2cc(-c3ccc(C(=O)N4CCCC4)cc3)ccc2N=C(N)C12CC2.CCOC(=O)C1=Cc2cc(-c3ccc(C(=O)N4CCCC4)cc3)ccc2N=C(N)C1C.COC(=O)C1=Cc2cc(-c3ccc(C(=O)N4CCCC4)cc3)ccc2N=C(N)C1. The highest BCUT2D eigenvalue weighted by Crippen LogP contribution is 2.55. The van der Waals surface area contributed by atoms with Crippen LogP contribution in [-0.2, 0) is 38.1 Å². The number of benzene rings is 8. The first-order valence-electron chi connectivity index (χ1n) is 42.8. The van der Waals surface area contributed by atoms with E-state index >= 15 is 0 Å². The summed E-state index contributed by atoms with van der Waals surface area (Å²) in [6, 6.07) is 54.2. The smallest absolute Gasteiger partial charge is 0.335 e. The summed E-state index contributed by atoms with van der Waals surface area (Å²) in [7, 11) is 1.35. The second-order valence-corrected chi connectivity index (χ2v) is 32.7. The Balaban J connectivity index is 0.000000135. The molecule has 1 unspecified atom stereocenters. The summed E-state index contributed by atoms with van der Waals surface area (Å²) < 4.78 is 20.6. The molecule has 8 aromatic carbocycles. The van der Waals surface area contributed by atoms with Crippen molar-refractivity contribution >= 4 is 118 Å². The average molecular weight is 1670 g/mol. The van der Waals surface area contributed by atoms with Crippen LogP contribution in [0.5, 0.6) is 0 Å². The molecule has 0 aromatic heterocycles. The number of amides is 4. The first kappa shape index (κ1) is 86.7. The van der Waals surface area contributed by atoms with Crippen molar-refractivity contribution in [1.82, 2.24) is 19.6 Å². The molecule has 124 heavy (non-hydrogen) atoms. The first-order chi connectivity index (χ1) is 59.8. The summed E-state index contributed by atoms with van der Waals surface area (Å²) in [6.45, 7) is 18.6. The van der Waals surface area contributed by atoms with E-state index in [1.165, 1.54) is 7.11 Å². The van der Waals surface area contributed by atoms with Crippen molar-refractivity contribution in [3.63, 3.8) is 0 Å². The molecular weight excluding hydrogens is 1560 g/mol. The molecule has 1 aliphatic carbocycles. The lowest BCUT2D eigenvalue weighted by Crippen LogP contribution is -2.36. The number of esters is 4. The zero-order chi connectivity index (χ0) is 87.5. The van der Waals surface area contributed by atoms with Crippen LogP contribution in [0, 0.1) is 16.7 Å². The van der Waals surface area contributed by atoms with Crippen molar-refractivity contribution < 1.29 is 57.3 Å². The molecule has 8 aromatic rings. The molecular formula is C100H106N12O12. The third kappa shape index (κ3) is 19.3.